The standard InChI is InChI=1S/C23H24N2O2/c1-23(2,3)17-25(19-11-5-4-6-12-19)22(26)18-10-9-13-20(16-18)27-21-14-7-8-15-24-21/h4-16H,17H2,1-3H3. The van der Waals surface area contributed by atoms with Crippen molar-refractivity contribution in [1.82, 2.24) is 4.98 Å². The summed E-state index contributed by atoms with van der Waals surface area (Å²) in [7, 11) is 0. The van der Waals surface area contributed by atoms with Crippen molar-refractivity contribution in [2.24, 2.45) is 5.41 Å². The van der Waals surface area contributed by atoms with E-state index in [2.05, 4.69) is 25.8 Å². The quantitative estimate of drug-likeness (QED) is 0.597. The molecule has 0 fully saturated rings. The van der Waals surface area contributed by atoms with Crippen LogP contribution in [0, 0.1) is 5.41 Å². The minimum atomic E-state index is -0.0532. The average Bonchev–Trinajstić information content (AvgIpc) is 2.67. The van der Waals surface area contributed by atoms with Crippen LogP contribution in [0.3, 0.4) is 0 Å². The molecule has 0 N–H and O–H groups in total. The van der Waals surface area contributed by atoms with Crippen LogP contribution in [-0.2, 0) is 0 Å². The van der Waals surface area contributed by atoms with Gasteiger partial charge in [0.1, 0.15) is 5.75 Å². The molecule has 0 radical (unpaired) electrons. The van der Waals surface area contributed by atoms with Crippen molar-refractivity contribution in [3.8, 4) is 11.6 Å². The molecule has 27 heavy (non-hydrogen) atoms. The highest BCUT2D eigenvalue weighted by molar-refractivity contribution is 6.06. The van der Waals surface area contributed by atoms with Gasteiger partial charge in [-0.25, -0.2) is 4.98 Å². The first-order valence-electron chi connectivity index (χ1n) is 8.98. The Labute approximate surface area is 160 Å². The van der Waals surface area contributed by atoms with Gasteiger partial charge in [0.05, 0.1) is 0 Å². The summed E-state index contributed by atoms with van der Waals surface area (Å²) in [6.07, 6.45) is 1.67. The topological polar surface area (TPSA) is 42.4 Å². The van der Waals surface area contributed by atoms with Gasteiger partial charge >= 0.3 is 0 Å². The van der Waals surface area contributed by atoms with E-state index in [0.29, 0.717) is 23.7 Å². The summed E-state index contributed by atoms with van der Waals surface area (Å²) in [4.78, 5) is 19.3. The second-order valence-electron chi connectivity index (χ2n) is 7.59. The molecule has 4 heteroatoms. The van der Waals surface area contributed by atoms with Gasteiger partial charge in [-0.15, -0.1) is 0 Å². The Morgan fingerprint density at radius 1 is 0.963 bits per heavy atom. The Bertz CT molecular complexity index is 887. The molecule has 0 aliphatic carbocycles. The van der Waals surface area contributed by atoms with Crippen LogP contribution in [0.1, 0.15) is 31.1 Å². The minimum absolute atomic E-state index is 0.0342. The number of aromatic nitrogens is 1. The number of hydrogen-bond acceptors (Lipinski definition) is 3. The molecule has 3 rings (SSSR count). The molecule has 138 valence electrons. The molecule has 0 aliphatic heterocycles. The predicted molar refractivity (Wildman–Crippen MR) is 108 cm³/mol. The molecule has 0 atom stereocenters. The molecule has 1 aromatic heterocycles. The lowest BCUT2D eigenvalue weighted by Gasteiger charge is -2.30. The summed E-state index contributed by atoms with van der Waals surface area (Å²) in [5.41, 5.74) is 1.43. The van der Waals surface area contributed by atoms with Crippen molar-refractivity contribution in [2.75, 3.05) is 11.4 Å². The molecule has 1 amide bonds. The number of carbonyl (C=O) groups excluding carboxylic acids is 1. The number of anilines is 1. The van der Waals surface area contributed by atoms with E-state index in [1.165, 1.54) is 0 Å². The van der Waals surface area contributed by atoms with Gasteiger partial charge in [-0.2, -0.15) is 0 Å². The highest BCUT2D eigenvalue weighted by Crippen LogP contribution is 2.26. The number of rotatable bonds is 5. The first kappa shape index (κ1) is 18.6. The van der Waals surface area contributed by atoms with Crippen LogP contribution in [0.4, 0.5) is 5.69 Å². The number of pyridine rings is 1. The molecule has 3 aromatic rings. The van der Waals surface area contributed by atoms with Gasteiger partial charge in [-0.1, -0.05) is 51.1 Å². The summed E-state index contributed by atoms with van der Waals surface area (Å²) in [6.45, 7) is 6.98. The van der Waals surface area contributed by atoms with E-state index in [-0.39, 0.29) is 11.3 Å². The van der Waals surface area contributed by atoms with Gasteiger partial charge in [-0.3, -0.25) is 4.79 Å². The van der Waals surface area contributed by atoms with E-state index < -0.39 is 0 Å². The first-order valence-corrected chi connectivity index (χ1v) is 8.98. The van der Waals surface area contributed by atoms with Crippen LogP contribution in [0.5, 0.6) is 11.6 Å². The van der Waals surface area contributed by atoms with E-state index in [9.17, 15) is 4.79 Å². The zero-order valence-corrected chi connectivity index (χ0v) is 15.9. The normalized spacial score (nSPS) is 11.1. The number of para-hydroxylation sites is 1. The van der Waals surface area contributed by atoms with E-state index in [1.807, 2.05) is 65.6 Å². The average molecular weight is 360 g/mol. The number of ether oxygens (including phenoxy) is 1. The van der Waals surface area contributed by atoms with Gasteiger partial charge in [-0.05, 0) is 41.8 Å². The zero-order chi connectivity index (χ0) is 19.3. The van der Waals surface area contributed by atoms with Crippen molar-refractivity contribution < 1.29 is 9.53 Å². The van der Waals surface area contributed by atoms with Crippen molar-refractivity contribution in [1.29, 1.82) is 0 Å². The summed E-state index contributed by atoms with van der Waals surface area (Å²) in [6, 6.07) is 22.4. The first-order chi connectivity index (χ1) is 12.9. The number of carbonyl (C=O) groups is 1. The van der Waals surface area contributed by atoms with Crippen LogP contribution in [-0.4, -0.2) is 17.4 Å². The van der Waals surface area contributed by atoms with Gasteiger partial charge in [0.2, 0.25) is 5.88 Å². The van der Waals surface area contributed by atoms with Crippen molar-refractivity contribution in [2.45, 2.75) is 20.8 Å². The van der Waals surface area contributed by atoms with Crippen LogP contribution in [0.15, 0.2) is 79.0 Å². The molecule has 0 spiro atoms. The van der Waals surface area contributed by atoms with E-state index in [0.717, 1.165) is 5.69 Å². The lowest BCUT2D eigenvalue weighted by atomic mass is 9.95. The Kier molecular flexibility index (Phi) is 5.55. The molecule has 0 saturated heterocycles. The molecule has 1 heterocycles. The van der Waals surface area contributed by atoms with E-state index >= 15 is 0 Å². The molecular formula is C23H24N2O2. The van der Waals surface area contributed by atoms with Gasteiger partial charge in [0.15, 0.2) is 0 Å². The number of hydrogen-bond donors (Lipinski definition) is 0. The molecule has 4 nitrogen and oxygen atoms in total. The molecule has 0 aliphatic rings. The molecule has 2 aromatic carbocycles. The largest absolute Gasteiger partial charge is 0.439 e. The van der Waals surface area contributed by atoms with Crippen molar-refractivity contribution in [3.05, 3.63) is 84.6 Å². The third-order valence-corrected chi connectivity index (χ3v) is 3.89. The number of amides is 1. The second-order valence-corrected chi connectivity index (χ2v) is 7.59. The Morgan fingerprint density at radius 3 is 2.37 bits per heavy atom. The van der Waals surface area contributed by atoms with Crippen LogP contribution >= 0.6 is 0 Å². The zero-order valence-electron chi connectivity index (χ0n) is 15.9. The smallest absolute Gasteiger partial charge is 0.258 e. The van der Waals surface area contributed by atoms with Gasteiger partial charge in [0.25, 0.3) is 5.91 Å². The Hall–Kier alpha value is -3.14. The molecule has 0 saturated carbocycles. The third kappa shape index (κ3) is 5.17. The molecule has 0 unspecified atom stereocenters. The fourth-order valence-electron chi connectivity index (χ4n) is 2.74. The number of benzene rings is 2. The van der Waals surface area contributed by atoms with Gasteiger partial charge < -0.3 is 9.64 Å². The minimum Gasteiger partial charge on any atom is -0.439 e. The summed E-state index contributed by atoms with van der Waals surface area (Å²) in [5, 5.41) is 0. The summed E-state index contributed by atoms with van der Waals surface area (Å²) in [5.74, 6) is 1.03. The maximum atomic E-state index is 13.3. The lowest BCUT2D eigenvalue weighted by Crippen LogP contribution is -2.37. The predicted octanol–water partition coefficient (Wildman–Crippen LogP) is 5.57. The Morgan fingerprint density at radius 2 is 1.70 bits per heavy atom. The maximum absolute atomic E-state index is 13.3. The van der Waals surface area contributed by atoms with Crippen molar-refractivity contribution in [3.63, 3.8) is 0 Å². The van der Waals surface area contributed by atoms with E-state index in [4.69, 9.17) is 4.74 Å². The number of nitrogens with zero attached hydrogens (tertiary/aromatic N) is 2. The summed E-state index contributed by atoms with van der Waals surface area (Å²) < 4.78 is 5.77. The lowest BCUT2D eigenvalue weighted by molar-refractivity contribution is 0.0977. The maximum Gasteiger partial charge on any atom is 0.258 e. The Balaban J connectivity index is 1.88. The van der Waals surface area contributed by atoms with Crippen LogP contribution < -0.4 is 9.64 Å². The monoisotopic (exact) mass is 360 g/mol. The molecular weight excluding hydrogens is 336 g/mol. The van der Waals surface area contributed by atoms with Crippen LogP contribution in [0.25, 0.3) is 0 Å². The van der Waals surface area contributed by atoms with E-state index in [1.54, 1.807) is 18.3 Å². The summed E-state index contributed by atoms with van der Waals surface area (Å²) >= 11 is 0. The fraction of sp³-hybridized carbons (Fsp3) is 0.217. The van der Waals surface area contributed by atoms with Crippen molar-refractivity contribution >= 4 is 11.6 Å². The second kappa shape index (κ2) is 8.04. The highest BCUT2D eigenvalue weighted by Gasteiger charge is 2.24. The SMILES string of the molecule is CC(C)(C)CN(C(=O)c1cccc(Oc2ccccn2)c1)c1ccccc1. The third-order valence-electron chi connectivity index (χ3n) is 3.89. The van der Waals surface area contributed by atoms with Crippen LogP contribution in [0.2, 0.25) is 0 Å². The van der Waals surface area contributed by atoms with Gasteiger partial charge in [0, 0.05) is 30.1 Å². The highest BCUT2D eigenvalue weighted by atomic mass is 16.5. The fourth-order valence-corrected chi connectivity index (χ4v) is 2.74. The molecule has 0 bridgehead atoms.